The van der Waals surface area contributed by atoms with E-state index in [1.54, 1.807) is 0 Å². The maximum atomic E-state index is 8.96. The Bertz CT molecular complexity index is 285. The molecule has 1 N–H and O–H groups in total. The third-order valence-corrected chi connectivity index (χ3v) is 4.68. The zero-order valence-corrected chi connectivity index (χ0v) is 12.6. The van der Waals surface area contributed by atoms with Crippen LogP contribution in [0.15, 0.2) is 0 Å². The van der Waals surface area contributed by atoms with E-state index in [4.69, 9.17) is 19.3 Å². The highest BCUT2D eigenvalue weighted by Crippen LogP contribution is 2.51. The average Bonchev–Trinajstić information content (AvgIpc) is 2.33. The van der Waals surface area contributed by atoms with Crippen LogP contribution >= 0.6 is 0 Å². The minimum absolute atomic E-state index is 0.0216. The highest BCUT2D eigenvalue weighted by Gasteiger charge is 2.60. The van der Waals surface area contributed by atoms with Gasteiger partial charge in [-0.1, -0.05) is 6.92 Å². The van der Waals surface area contributed by atoms with Crippen molar-refractivity contribution >= 4 is 0 Å². The molecule has 2 bridgehead atoms. The summed E-state index contributed by atoms with van der Waals surface area (Å²) in [4.78, 5) is 0. The van der Waals surface area contributed by atoms with Crippen molar-refractivity contribution < 1.29 is 19.3 Å². The Balaban J connectivity index is 2.13. The monoisotopic (exact) mass is 272 g/mol. The molecule has 0 aromatic heterocycles. The lowest BCUT2D eigenvalue weighted by molar-refractivity contribution is -0.325. The normalized spacial score (nSPS) is 40.6. The molecule has 2 saturated heterocycles. The predicted molar refractivity (Wildman–Crippen MR) is 73.1 cm³/mol. The molecular weight excluding hydrogens is 244 g/mol. The maximum Gasteiger partial charge on any atom is 0.118 e. The van der Waals surface area contributed by atoms with Crippen molar-refractivity contribution in [1.82, 2.24) is 0 Å². The first-order valence-corrected chi connectivity index (χ1v) is 7.48. The molecule has 4 nitrogen and oxygen atoms in total. The molecule has 19 heavy (non-hydrogen) atoms. The first kappa shape index (κ1) is 15.2. The molecule has 0 radical (unpaired) electrons. The van der Waals surface area contributed by atoms with Crippen molar-refractivity contribution in [3.8, 4) is 0 Å². The summed E-state index contributed by atoms with van der Waals surface area (Å²) in [6.07, 6.45) is 3.18. The molecule has 1 saturated carbocycles. The van der Waals surface area contributed by atoms with E-state index < -0.39 is 5.60 Å². The van der Waals surface area contributed by atoms with Crippen LogP contribution in [0.25, 0.3) is 0 Å². The Labute approximate surface area is 116 Å². The lowest BCUT2D eigenvalue weighted by Gasteiger charge is -2.60. The third kappa shape index (κ3) is 2.82. The second-order valence-corrected chi connectivity index (χ2v) is 6.50. The molecule has 0 aromatic rings. The Morgan fingerprint density at radius 2 is 1.68 bits per heavy atom. The van der Waals surface area contributed by atoms with Crippen molar-refractivity contribution in [2.45, 2.75) is 70.4 Å². The minimum Gasteiger partial charge on any atom is -0.394 e. The number of fused-ring (bicyclic) bond motifs is 3. The van der Waals surface area contributed by atoms with E-state index in [2.05, 4.69) is 27.7 Å². The lowest BCUT2D eigenvalue weighted by atomic mass is 9.65. The molecule has 3 fully saturated rings. The van der Waals surface area contributed by atoms with Gasteiger partial charge >= 0.3 is 0 Å². The molecule has 0 aromatic carbocycles. The fourth-order valence-electron chi connectivity index (χ4n) is 3.56. The van der Waals surface area contributed by atoms with Gasteiger partial charge in [0.15, 0.2) is 0 Å². The Hall–Kier alpha value is -0.160. The van der Waals surface area contributed by atoms with E-state index in [9.17, 15) is 0 Å². The van der Waals surface area contributed by atoms with E-state index in [1.165, 1.54) is 0 Å². The summed E-state index contributed by atoms with van der Waals surface area (Å²) in [7, 11) is 0. The molecule has 4 heteroatoms. The van der Waals surface area contributed by atoms with Crippen molar-refractivity contribution in [1.29, 1.82) is 0 Å². The van der Waals surface area contributed by atoms with Gasteiger partial charge in [0.25, 0.3) is 0 Å². The van der Waals surface area contributed by atoms with Crippen LogP contribution < -0.4 is 0 Å². The molecule has 1 aliphatic carbocycles. The molecule has 3 aliphatic rings. The first-order chi connectivity index (χ1) is 8.94. The average molecular weight is 272 g/mol. The van der Waals surface area contributed by atoms with Crippen LogP contribution in [0.1, 0.15) is 47.0 Å². The van der Waals surface area contributed by atoms with Crippen molar-refractivity contribution in [3.63, 3.8) is 0 Å². The summed E-state index contributed by atoms with van der Waals surface area (Å²) in [6, 6.07) is 0. The van der Waals surface area contributed by atoms with Crippen LogP contribution in [0.3, 0.4) is 0 Å². The van der Waals surface area contributed by atoms with Crippen molar-refractivity contribution in [3.05, 3.63) is 0 Å². The van der Waals surface area contributed by atoms with Gasteiger partial charge in [0, 0.05) is 6.61 Å². The number of hydrogen-bond donors (Lipinski definition) is 1. The molecular formula is C15H28O4. The van der Waals surface area contributed by atoms with Gasteiger partial charge in [0.1, 0.15) is 5.60 Å². The topological polar surface area (TPSA) is 47.9 Å². The van der Waals surface area contributed by atoms with Crippen LogP contribution in [0, 0.1) is 5.92 Å². The van der Waals surface area contributed by atoms with E-state index in [-0.39, 0.29) is 24.4 Å². The second kappa shape index (κ2) is 5.68. The molecule has 0 spiro atoms. The lowest BCUT2D eigenvalue weighted by Crippen LogP contribution is -2.69. The summed E-state index contributed by atoms with van der Waals surface area (Å²) in [6.45, 7) is 9.74. The molecule has 2 heterocycles. The van der Waals surface area contributed by atoms with Gasteiger partial charge in [-0.25, -0.2) is 0 Å². The smallest absolute Gasteiger partial charge is 0.118 e. The molecule has 3 rings (SSSR count). The van der Waals surface area contributed by atoms with Crippen LogP contribution in [0.5, 0.6) is 0 Å². The van der Waals surface area contributed by atoms with Gasteiger partial charge in [-0.05, 0) is 46.0 Å². The van der Waals surface area contributed by atoms with Crippen molar-refractivity contribution in [2.75, 3.05) is 19.8 Å². The summed E-state index contributed by atoms with van der Waals surface area (Å²) < 4.78 is 18.2. The maximum absolute atomic E-state index is 8.96. The minimum atomic E-state index is -0.400. The Morgan fingerprint density at radius 1 is 1.11 bits per heavy atom. The molecule has 4 unspecified atom stereocenters. The second-order valence-electron chi connectivity index (χ2n) is 6.50. The third-order valence-electron chi connectivity index (χ3n) is 4.68. The highest BCUT2D eigenvalue weighted by atomic mass is 16.6. The summed E-state index contributed by atoms with van der Waals surface area (Å²) in [5, 5.41) is 8.96. The predicted octanol–water partition coefficient (Wildman–Crippen LogP) is 2.14. The zero-order valence-electron chi connectivity index (χ0n) is 12.6. The van der Waals surface area contributed by atoms with Crippen molar-refractivity contribution in [2.24, 2.45) is 5.92 Å². The largest absolute Gasteiger partial charge is 0.394 e. The number of aliphatic hydroxyl groups excluding tert-OH is 1. The fraction of sp³-hybridized carbons (Fsp3) is 1.00. The standard InChI is InChI=1S/C15H28O4/c1-5-7-17-12-9-11-10-13(18-8-6-16)15(12,4)19-14(11,2)3/h11-13,16H,5-10H2,1-4H3. The van der Waals surface area contributed by atoms with E-state index in [1.807, 2.05) is 0 Å². The molecule has 0 amide bonds. The van der Waals surface area contributed by atoms with Gasteiger partial charge in [-0.15, -0.1) is 0 Å². The van der Waals surface area contributed by atoms with Gasteiger partial charge in [0.05, 0.1) is 31.0 Å². The SMILES string of the molecule is CCCOC1CC2CC(OCCO)C1(C)OC2(C)C. The highest BCUT2D eigenvalue weighted by molar-refractivity contribution is 5.09. The quantitative estimate of drug-likeness (QED) is 0.805. The first-order valence-electron chi connectivity index (χ1n) is 7.48. The summed E-state index contributed by atoms with van der Waals surface area (Å²) in [5.74, 6) is 0.458. The van der Waals surface area contributed by atoms with Gasteiger partial charge in [-0.3, -0.25) is 0 Å². The van der Waals surface area contributed by atoms with Crippen LogP contribution in [0.4, 0.5) is 0 Å². The van der Waals surface area contributed by atoms with Gasteiger partial charge in [0.2, 0.25) is 0 Å². The summed E-state index contributed by atoms with van der Waals surface area (Å²) in [5.41, 5.74) is -0.511. The number of hydrogen-bond acceptors (Lipinski definition) is 4. The molecule has 2 aliphatic heterocycles. The van der Waals surface area contributed by atoms with Gasteiger partial charge in [-0.2, -0.15) is 0 Å². The van der Waals surface area contributed by atoms with Gasteiger partial charge < -0.3 is 19.3 Å². The molecule has 4 atom stereocenters. The molecule has 112 valence electrons. The van der Waals surface area contributed by atoms with E-state index >= 15 is 0 Å². The van der Waals surface area contributed by atoms with Crippen LogP contribution in [-0.2, 0) is 14.2 Å². The number of aliphatic hydroxyl groups is 1. The van der Waals surface area contributed by atoms with E-state index in [0.717, 1.165) is 25.9 Å². The Kier molecular flexibility index (Phi) is 4.56. The fourth-order valence-corrected chi connectivity index (χ4v) is 3.56. The number of rotatable bonds is 6. The Morgan fingerprint density at radius 3 is 2.21 bits per heavy atom. The zero-order chi connectivity index (χ0) is 14.1. The van der Waals surface area contributed by atoms with Crippen LogP contribution in [0.2, 0.25) is 0 Å². The number of ether oxygens (including phenoxy) is 3. The van der Waals surface area contributed by atoms with Crippen LogP contribution in [-0.4, -0.2) is 48.3 Å². The summed E-state index contributed by atoms with van der Waals surface area (Å²) >= 11 is 0. The van der Waals surface area contributed by atoms with E-state index in [0.29, 0.717) is 12.5 Å².